The van der Waals surface area contributed by atoms with Crippen molar-refractivity contribution < 1.29 is 9.53 Å². The maximum Gasteiger partial charge on any atom is 0.223 e. The number of rotatable bonds is 4. The van der Waals surface area contributed by atoms with Crippen LogP contribution >= 0.6 is 0 Å². The van der Waals surface area contributed by atoms with Crippen molar-refractivity contribution in [2.24, 2.45) is 5.73 Å². The molecule has 1 saturated heterocycles. The highest BCUT2D eigenvalue weighted by molar-refractivity contribution is 5.78. The van der Waals surface area contributed by atoms with Gasteiger partial charge in [-0.05, 0) is 30.5 Å². The van der Waals surface area contributed by atoms with Gasteiger partial charge in [-0.2, -0.15) is 0 Å². The van der Waals surface area contributed by atoms with Gasteiger partial charge in [-0.1, -0.05) is 19.1 Å². The fourth-order valence-corrected chi connectivity index (χ4v) is 2.74. The first-order chi connectivity index (χ1) is 9.17. The first-order valence-electron chi connectivity index (χ1n) is 6.86. The van der Waals surface area contributed by atoms with E-state index in [1.165, 1.54) is 0 Å². The molecule has 2 N–H and O–H groups in total. The molecule has 0 saturated carbocycles. The molecule has 0 bridgehead atoms. The molecule has 0 spiro atoms. The van der Waals surface area contributed by atoms with Crippen LogP contribution in [-0.2, 0) is 4.79 Å². The third-order valence-corrected chi connectivity index (χ3v) is 3.65. The summed E-state index contributed by atoms with van der Waals surface area (Å²) in [6.07, 6.45) is 2.25. The Kier molecular flexibility index (Phi) is 4.43. The lowest BCUT2D eigenvalue weighted by Gasteiger charge is -2.40. The summed E-state index contributed by atoms with van der Waals surface area (Å²) in [6, 6.07) is 7.82. The Morgan fingerprint density at radius 3 is 2.95 bits per heavy atom. The number of nitrogens with two attached hydrogens (primary N) is 1. The van der Waals surface area contributed by atoms with Crippen LogP contribution in [0.25, 0.3) is 0 Å². The highest BCUT2D eigenvalue weighted by Gasteiger charge is 2.34. The molecule has 4 heteroatoms. The van der Waals surface area contributed by atoms with E-state index in [1.54, 1.807) is 7.11 Å². The van der Waals surface area contributed by atoms with Crippen LogP contribution in [0.15, 0.2) is 24.3 Å². The van der Waals surface area contributed by atoms with E-state index in [0.29, 0.717) is 6.42 Å². The molecule has 1 heterocycles. The molecule has 2 unspecified atom stereocenters. The Morgan fingerprint density at radius 2 is 2.26 bits per heavy atom. The minimum atomic E-state index is -0.0312. The Labute approximate surface area is 114 Å². The maximum absolute atomic E-state index is 12.1. The summed E-state index contributed by atoms with van der Waals surface area (Å²) in [5.41, 5.74) is 7.31. The first-order valence-corrected chi connectivity index (χ1v) is 6.86. The molecule has 2 atom stereocenters. The highest BCUT2D eigenvalue weighted by Crippen LogP contribution is 2.32. The van der Waals surface area contributed by atoms with Gasteiger partial charge in [-0.3, -0.25) is 4.79 Å². The topological polar surface area (TPSA) is 55.6 Å². The van der Waals surface area contributed by atoms with Crippen LogP contribution < -0.4 is 10.5 Å². The van der Waals surface area contributed by atoms with E-state index in [-0.39, 0.29) is 18.0 Å². The fraction of sp³-hybridized carbons (Fsp3) is 0.533. The van der Waals surface area contributed by atoms with Crippen LogP contribution in [-0.4, -0.2) is 30.5 Å². The molecule has 19 heavy (non-hydrogen) atoms. The normalized spacial score (nSPS) is 23.5. The van der Waals surface area contributed by atoms with Crippen molar-refractivity contribution in [3.8, 4) is 5.75 Å². The minimum absolute atomic E-state index is 0.00337. The fourth-order valence-electron chi connectivity index (χ4n) is 2.74. The number of piperidine rings is 1. The molecule has 0 radical (unpaired) electrons. The van der Waals surface area contributed by atoms with Crippen molar-refractivity contribution in [1.82, 2.24) is 4.90 Å². The monoisotopic (exact) mass is 262 g/mol. The molecule has 1 aromatic rings. The number of likely N-dealkylation sites (tertiary alicyclic amines) is 1. The quantitative estimate of drug-likeness (QED) is 0.904. The van der Waals surface area contributed by atoms with Gasteiger partial charge in [0.1, 0.15) is 5.75 Å². The summed E-state index contributed by atoms with van der Waals surface area (Å²) in [6.45, 7) is 2.84. The molecule has 0 aliphatic carbocycles. The van der Waals surface area contributed by atoms with Gasteiger partial charge >= 0.3 is 0 Å². The number of hydrogen-bond acceptors (Lipinski definition) is 3. The maximum atomic E-state index is 12.1. The third kappa shape index (κ3) is 2.89. The number of benzene rings is 1. The smallest absolute Gasteiger partial charge is 0.223 e. The lowest BCUT2D eigenvalue weighted by atomic mass is 9.90. The summed E-state index contributed by atoms with van der Waals surface area (Å²) < 4.78 is 5.26. The molecule has 1 amide bonds. The Morgan fingerprint density at radius 1 is 1.47 bits per heavy atom. The van der Waals surface area contributed by atoms with Gasteiger partial charge in [0.2, 0.25) is 5.91 Å². The van der Waals surface area contributed by atoms with Gasteiger partial charge in [0.05, 0.1) is 13.2 Å². The average Bonchev–Trinajstić information content (AvgIpc) is 2.43. The number of hydrogen-bond donors (Lipinski definition) is 1. The number of carbonyl (C=O) groups is 1. The van der Waals surface area contributed by atoms with Crippen molar-refractivity contribution in [2.75, 3.05) is 13.7 Å². The Balaban J connectivity index is 2.33. The van der Waals surface area contributed by atoms with Crippen LogP contribution in [0, 0.1) is 0 Å². The van der Waals surface area contributed by atoms with E-state index in [0.717, 1.165) is 30.7 Å². The molecule has 1 aliphatic rings. The average molecular weight is 262 g/mol. The van der Waals surface area contributed by atoms with Gasteiger partial charge in [0.15, 0.2) is 0 Å². The second-order valence-corrected chi connectivity index (χ2v) is 5.01. The van der Waals surface area contributed by atoms with E-state index < -0.39 is 0 Å². The van der Waals surface area contributed by atoms with Crippen molar-refractivity contribution >= 4 is 5.91 Å². The Hall–Kier alpha value is -1.55. The molecular formula is C15H22N2O2. The summed E-state index contributed by atoms with van der Waals surface area (Å²) in [4.78, 5) is 14.0. The standard InChI is InChI=1S/C15H22N2O2/c1-3-9-17-14(18)8-7-13(16)15(17)11-5-4-6-12(10-11)19-2/h4-6,10,13,15H,3,7-9,16H2,1-2H3. The van der Waals surface area contributed by atoms with E-state index >= 15 is 0 Å². The SMILES string of the molecule is CCCN1C(=O)CCC(N)C1c1cccc(OC)c1. The second-order valence-electron chi connectivity index (χ2n) is 5.01. The largest absolute Gasteiger partial charge is 0.497 e. The van der Waals surface area contributed by atoms with Gasteiger partial charge in [-0.15, -0.1) is 0 Å². The molecule has 4 nitrogen and oxygen atoms in total. The van der Waals surface area contributed by atoms with Gasteiger partial charge in [0.25, 0.3) is 0 Å². The predicted octanol–water partition coefficient (Wildman–Crippen LogP) is 2.10. The van der Waals surface area contributed by atoms with Crippen LogP contribution in [0.5, 0.6) is 5.75 Å². The van der Waals surface area contributed by atoms with Crippen molar-refractivity contribution in [3.63, 3.8) is 0 Å². The lowest BCUT2D eigenvalue weighted by molar-refractivity contribution is -0.137. The van der Waals surface area contributed by atoms with Crippen molar-refractivity contribution in [2.45, 2.75) is 38.3 Å². The number of carbonyl (C=O) groups excluding carboxylic acids is 1. The van der Waals surface area contributed by atoms with Crippen molar-refractivity contribution in [3.05, 3.63) is 29.8 Å². The van der Waals surface area contributed by atoms with E-state index in [1.807, 2.05) is 29.2 Å². The number of methoxy groups -OCH3 is 1. The zero-order valence-electron chi connectivity index (χ0n) is 11.6. The zero-order chi connectivity index (χ0) is 13.8. The van der Waals surface area contributed by atoms with Crippen LogP contribution in [0.1, 0.15) is 37.8 Å². The van der Waals surface area contributed by atoms with Crippen LogP contribution in [0.3, 0.4) is 0 Å². The molecule has 1 fully saturated rings. The summed E-state index contributed by atoms with van der Waals surface area (Å²) in [7, 11) is 1.65. The number of nitrogens with zero attached hydrogens (tertiary/aromatic N) is 1. The summed E-state index contributed by atoms with van der Waals surface area (Å²) in [5.74, 6) is 1.01. The summed E-state index contributed by atoms with van der Waals surface area (Å²) in [5, 5.41) is 0. The van der Waals surface area contributed by atoms with E-state index in [9.17, 15) is 4.79 Å². The van der Waals surface area contributed by atoms with Crippen LogP contribution in [0.4, 0.5) is 0 Å². The number of amides is 1. The number of ether oxygens (including phenoxy) is 1. The zero-order valence-corrected chi connectivity index (χ0v) is 11.6. The lowest BCUT2D eigenvalue weighted by Crippen LogP contribution is -2.49. The van der Waals surface area contributed by atoms with E-state index in [4.69, 9.17) is 10.5 Å². The third-order valence-electron chi connectivity index (χ3n) is 3.65. The molecule has 104 valence electrons. The van der Waals surface area contributed by atoms with Crippen LogP contribution in [0.2, 0.25) is 0 Å². The molecule has 1 aromatic carbocycles. The molecular weight excluding hydrogens is 240 g/mol. The summed E-state index contributed by atoms with van der Waals surface area (Å²) >= 11 is 0. The van der Waals surface area contributed by atoms with Gasteiger partial charge in [0, 0.05) is 19.0 Å². The minimum Gasteiger partial charge on any atom is -0.497 e. The molecule has 1 aliphatic heterocycles. The first kappa shape index (κ1) is 13.9. The highest BCUT2D eigenvalue weighted by atomic mass is 16.5. The molecule has 0 aromatic heterocycles. The van der Waals surface area contributed by atoms with E-state index in [2.05, 4.69) is 6.92 Å². The van der Waals surface area contributed by atoms with Gasteiger partial charge in [-0.25, -0.2) is 0 Å². The molecule has 2 rings (SSSR count). The predicted molar refractivity (Wildman–Crippen MR) is 74.9 cm³/mol. The Bertz CT molecular complexity index is 448. The van der Waals surface area contributed by atoms with Crippen molar-refractivity contribution in [1.29, 1.82) is 0 Å². The van der Waals surface area contributed by atoms with Gasteiger partial charge < -0.3 is 15.4 Å². The second kappa shape index (κ2) is 6.06.